The van der Waals surface area contributed by atoms with Crippen molar-refractivity contribution < 1.29 is 14.6 Å². The molecule has 24 heavy (non-hydrogen) atoms. The normalized spacial score (nSPS) is 18.3. The Hall–Kier alpha value is -2.28. The minimum Gasteiger partial charge on any atom is -0.392 e. The Morgan fingerprint density at radius 3 is 2.96 bits per heavy atom. The molecular formula is C18H21N3O3. The van der Waals surface area contributed by atoms with Crippen molar-refractivity contribution in [3.63, 3.8) is 0 Å². The lowest BCUT2D eigenvalue weighted by molar-refractivity contribution is -0.133. The van der Waals surface area contributed by atoms with Crippen molar-refractivity contribution in [1.29, 1.82) is 0 Å². The quantitative estimate of drug-likeness (QED) is 0.869. The maximum atomic E-state index is 12.5. The molecule has 1 atom stereocenters. The van der Waals surface area contributed by atoms with Gasteiger partial charge in [-0.2, -0.15) is 0 Å². The van der Waals surface area contributed by atoms with Crippen LogP contribution in [0, 0.1) is 0 Å². The summed E-state index contributed by atoms with van der Waals surface area (Å²) in [4.78, 5) is 18.7. The first-order valence-corrected chi connectivity index (χ1v) is 7.99. The molecule has 1 saturated heterocycles. The monoisotopic (exact) mass is 327 g/mol. The second-order valence-corrected chi connectivity index (χ2v) is 5.76. The minimum atomic E-state index is -0.533. The number of nitrogens with one attached hydrogen (secondary N) is 1. The highest BCUT2D eigenvalue weighted by atomic mass is 16.5. The van der Waals surface area contributed by atoms with Gasteiger partial charge in [-0.1, -0.05) is 30.3 Å². The second kappa shape index (κ2) is 8.01. The van der Waals surface area contributed by atoms with Crippen molar-refractivity contribution in [2.75, 3.05) is 25.0 Å². The van der Waals surface area contributed by atoms with Crippen molar-refractivity contribution >= 4 is 11.6 Å². The van der Waals surface area contributed by atoms with Gasteiger partial charge in [0.25, 0.3) is 5.91 Å². The summed E-state index contributed by atoms with van der Waals surface area (Å²) in [7, 11) is 0. The van der Waals surface area contributed by atoms with Crippen molar-refractivity contribution in [1.82, 2.24) is 9.88 Å². The van der Waals surface area contributed by atoms with Crippen molar-refractivity contribution in [2.45, 2.75) is 19.3 Å². The molecule has 1 aromatic carbocycles. The Morgan fingerprint density at radius 2 is 2.17 bits per heavy atom. The Kier molecular flexibility index (Phi) is 5.53. The Morgan fingerprint density at radius 1 is 1.33 bits per heavy atom. The van der Waals surface area contributed by atoms with Crippen LogP contribution in [0.2, 0.25) is 0 Å². The Labute approximate surface area is 141 Å². The first kappa shape index (κ1) is 16.6. The standard InChI is InChI=1S/C18H21N3O3/c22-13-15-6-7-19-10-16(15)20-18(23)17-12-21(8-9-24-17)11-14-4-2-1-3-5-14/h1-7,10,17,22H,8-9,11-13H2,(H,20,23)/t17-/m1/s1. The Bertz CT molecular complexity index is 678. The number of aliphatic hydroxyl groups excluding tert-OH is 1. The van der Waals surface area contributed by atoms with E-state index in [1.54, 1.807) is 12.3 Å². The predicted molar refractivity (Wildman–Crippen MR) is 90.2 cm³/mol. The van der Waals surface area contributed by atoms with Gasteiger partial charge in [0.2, 0.25) is 0 Å². The molecule has 6 heteroatoms. The van der Waals surface area contributed by atoms with Gasteiger partial charge in [-0.15, -0.1) is 0 Å². The van der Waals surface area contributed by atoms with E-state index in [1.165, 1.54) is 11.8 Å². The summed E-state index contributed by atoms with van der Waals surface area (Å²) < 4.78 is 5.62. The zero-order chi connectivity index (χ0) is 16.8. The molecule has 126 valence electrons. The molecule has 0 unspecified atom stereocenters. The number of nitrogens with zero attached hydrogens (tertiary/aromatic N) is 2. The molecular weight excluding hydrogens is 306 g/mol. The minimum absolute atomic E-state index is 0.149. The van der Waals surface area contributed by atoms with Gasteiger partial charge in [0.1, 0.15) is 6.10 Å². The van der Waals surface area contributed by atoms with Crippen LogP contribution in [0.25, 0.3) is 0 Å². The third-order valence-corrected chi connectivity index (χ3v) is 4.03. The van der Waals surface area contributed by atoms with E-state index >= 15 is 0 Å². The van der Waals surface area contributed by atoms with E-state index in [9.17, 15) is 9.90 Å². The number of aliphatic hydroxyl groups is 1. The predicted octanol–water partition coefficient (Wildman–Crippen LogP) is 1.41. The van der Waals surface area contributed by atoms with E-state index in [0.29, 0.717) is 24.4 Å². The molecule has 1 aliphatic heterocycles. The van der Waals surface area contributed by atoms with Crippen LogP contribution in [0.1, 0.15) is 11.1 Å². The highest BCUT2D eigenvalue weighted by Gasteiger charge is 2.27. The first-order chi connectivity index (χ1) is 11.8. The number of amides is 1. The maximum Gasteiger partial charge on any atom is 0.254 e. The topological polar surface area (TPSA) is 74.7 Å². The van der Waals surface area contributed by atoms with Crippen LogP contribution in [0.4, 0.5) is 5.69 Å². The highest BCUT2D eigenvalue weighted by Crippen LogP contribution is 2.16. The fraction of sp³-hybridized carbons (Fsp3) is 0.333. The fourth-order valence-electron chi connectivity index (χ4n) is 2.73. The first-order valence-electron chi connectivity index (χ1n) is 7.99. The van der Waals surface area contributed by atoms with Crippen LogP contribution in [-0.4, -0.2) is 46.7 Å². The van der Waals surface area contributed by atoms with E-state index in [1.807, 2.05) is 18.2 Å². The van der Waals surface area contributed by atoms with Gasteiger partial charge in [0, 0.05) is 31.4 Å². The zero-order valence-electron chi connectivity index (χ0n) is 13.4. The molecule has 2 heterocycles. The van der Waals surface area contributed by atoms with Crippen LogP contribution in [0.3, 0.4) is 0 Å². The number of hydrogen-bond donors (Lipinski definition) is 2. The SMILES string of the molecule is O=C(Nc1cnccc1CO)[C@H]1CN(Cc2ccccc2)CCO1. The molecule has 0 bridgehead atoms. The molecule has 0 radical (unpaired) electrons. The van der Waals surface area contributed by atoms with Gasteiger partial charge in [0.15, 0.2) is 0 Å². The highest BCUT2D eigenvalue weighted by molar-refractivity contribution is 5.94. The molecule has 2 N–H and O–H groups in total. The molecule has 0 aliphatic carbocycles. The zero-order valence-corrected chi connectivity index (χ0v) is 13.4. The van der Waals surface area contributed by atoms with E-state index in [-0.39, 0.29) is 12.5 Å². The lowest BCUT2D eigenvalue weighted by Crippen LogP contribution is -2.47. The smallest absolute Gasteiger partial charge is 0.254 e. The summed E-state index contributed by atoms with van der Waals surface area (Å²) in [5, 5.41) is 12.1. The van der Waals surface area contributed by atoms with Gasteiger partial charge in [-0.3, -0.25) is 14.7 Å². The van der Waals surface area contributed by atoms with E-state index in [2.05, 4.69) is 27.3 Å². The van der Waals surface area contributed by atoms with E-state index in [0.717, 1.165) is 13.1 Å². The molecule has 3 rings (SSSR count). The van der Waals surface area contributed by atoms with Crippen molar-refractivity contribution in [3.05, 3.63) is 59.9 Å². The Balaban J connectivity index is 1.60. The lowest BCUT2D eigenvalue weighted by atomic mass is 10.1. The number of benzene rings is 1. The third-order valence-electron chi connectivity index (χ3n) is 4.03. The lowest BCUT2D eigenvalue weighted by Gasteiger charge is -2.32. The number of aromatic nitrogens is 1. The maximum absolute atomic E-state index is 12.5. The van der Waals surface area contributed by atoms with Crippen LogP contribution in [0.5, 0.6) is 0 Å². The van der Waals surface area contributed by atoms with Crippen LogP contribution in [0.15, 0.2) is 48.8 Å². The average molecular weight is 327 g/mol. The number of pyridine rings is 1. The molecule has 1 aromatic heterocycles. The number of rotatable bonds is 5. The molecule has 6 nitrogen and oxygen atoms in total. The summed E-state index contributed by atoms with van der Waals surface area (Å²) >= 11 is 0. The van der Waals surface area contributed by atoms with Gasteiger partial charge < -0.3 is 15.2 Å². The molecule has 2 aromatic rings. The summed E-state index contributed by atoms with van der Waals surface area (Å²) in [6.07, 6.45) is 2.59. The number of ether oxygens (including phenoxy) is 1. The van der Waals surface area contributed by atoms with Gasteiger partial charge in [0.05, 0.1) is 25.1 Å². The van der Waals surface area contributed by atoms with Gasteiger partial charge in [-0.25, -0.2) is 0 Å². The number of anilines is 1. The van der Waals surface area contributed by atoms with E-state index < -0.39 is 6.10 Å². The van der Waals surface area contributed by atoms with Gasteiger partial charge in [-0.05, 0) is 11.6 Å². The second-order valence-electron chi connectivity index (χ2n) is 5.76. The van der Waals surface area contributed by atoms with Crippen LogP contribution < -0.4 is 5.32 Å². The van der Waals surface area contributed by atoms with Crippen molar-refractivity contribution in [2.24, 2.45) is 0 Å². The number of morpholine rings is 1. The molecule has 1 fully saturated rings. The molecule has 1 aliphatic rings. The summed E-state index contributed by atoms with van der Waals surface area (Å²) in [5.41, 5.74) is 2.37. The summed E-state index contributed by atoms with van der Waals surface area (Å²) in [6.45, 7) is 2.50. The summed E-state index contributed by atoms with van der Waals surface area (Å²) in [5.74, 6) is -0.213. The number of hydrogen-bond acceptors (Lipinski definition) is 5. The average Bonchev–Trinajstić information content (AvgIpc) is 2.63. The van der Waals surface area contributed by atoms with E-state index in [4.69, 9.17) is 4.74 Å². The van der Waals surface area contributed by atoms with Crippen LogP contribution in [-0.2, 0) is 22.7 Å². The molecule has 1 amide bonds. The largest absolute Gasteiger partial charge is 0.392 e. The molecule has 0 saturated carbocycles. The van der Waals surface area contributed by atoms with Gasteiger partial charge >= 0.3 is 0 Å². The summed E-state index contributed by atoms with van der Waals surface area (Å²) in [6, 6.07) is 11.9. The number of carbonyl (C=O) groups is 1. The third kappa shape index (κ3) is 4.17. The van der Waals surface area contributed by atoms with Crippen molar-refractivity contribution in [3.8, 4) is 0 Å². The molecule has 0 spiro atoms. The number of carbonyl (C=O) groups excluding carboxylic acids is 1. The van der Waals surface area contributed by atoms with Crippen LogP contribution >= 0.6 is 0 Å². The fourth-order valence-corrected chi connectivity index (χ4v) is 2.73.